The molecule has 8 nitrogen and oxygen atoms in total. The van der Waals surface area contributed by atoms with E-state index in [1.54, 1.807) is 24.3 Å². The van der Waals surface area contributed by atoms with E-state index < -0.39 is 5.82 Å². The van der Waals surface area contributed by atoms with Crippen molar-refractivity contribution in [3.8, 4) is 17.2 Å². The third-order valence-electron chi connectivity index (χ3n) is 4.50. The van der Waals surface area contributed by atoms with Gasteiger partial charge in [0.05, 0.1) is 0 Å². The minimum Gasteiger partial charge on any atom is -0.508 e. The number of carbonyl (C=O) groups is 2. The van der Waals surface area contributed by atoms with E-state index in [0.717, 1.165) is 0 Å². The maximum Gasteiger partial charge on any atom is 0.257 e. The van der Waals surface area contributed by atoms with Crippen molar-refractivity contribution in [3.05, 3.63) is 53.8 Å². The standard InChI is InChI=1S/C21H24FN3O5/c22-16-5-6-17(26)15(11-16)12-25-9-7-23-20(27)13-29-18-3-1-2-4-19(18)30-14-21(28)24-8-10-25/h1-6,11,26H,7-10,12-14H2,(H,23,27)(H,24,28). The smallest absolute Gasteiger partial charge is 0.257 e. The summed E-state index contributed by atoms with van der Waals surface area (Å²) in [6, 6.07) is 10.6. The normalized spacial score (nSPS) is 16.7. The summed E-state index contributed by atoms with van der Waals surface area (Å²) in [6.45, 7) is 1.38. The van der Waals surface area contributed by atoms with Gasteiger partial charge in [-0.05, 0) is 30.3 Å². The van der Waals surface area contributed by atoms with Gasteiger partial charge in [-0.2, -0.15) is 0 Å². The summed E-state index contributed by atoms with van der Waals surface area (Å²) in [6.07, 6.45) is 0. The van der Waals surface area contributed by atoms with Gasteiger partial charge >= 0.3 is 0 Å². The Morgan fingerprint density at radius 3 is 2.07 bits per heavy atom. The summed E-state index contributed by atoms with van der Waals surface area (Å²) in [7, 11) is 0. The maximum absolute atomic E-state index is 13.5. The molecule has 0 radical (unpaired) electrons. The molecule has 1 aliphatic heterocycles. The van der Waals surface area contributed by atoms with Crippen LogP contribution in [0.1, 0.15) is 5.56 Å². The molecule has 30 heavy (non-hydrogen) atoms. The summed E-state index contributed by atoms with van der Waals surface area (Å²) in [5.74, 6) is -0.321. The summed E-state index contributed by atoms with van der Waals surface area (Å²) in [5, 5.41) is 15.5. The third kappa shape index (κ3) is 6.35. The number of rotatable bonds is 2. The van der Waals surface area contributed by atoms with Gasteiger partial charge in [0.25, 0.3) is 11.8 Å². The second-order valence-electron chi connectivity index (χ2n) is 6.77. The van der Waals surface area contributed by atoms with Gasteiger partial charge in [0.1, 0.15) is 11.6 Å². The fourth-order valence-electron chi connectivity index (χ4n) is 2.98. The van der Waals surface area contributed by atoms with Crippen LogP contribution in [0.4, 0.5) is 4.39 Å². The Balaban J connectivity index is 1.67. The molecular weight excluding hydrogens is 393 g/mol. The summed E-state index contributed by atoms with van der Waals surface area (Å²) >= 11 is 0. The molecule has 160 valence electrons. The Morgan fingerprint density at radius 1 is 0.933 bits per heavy atom. The molecule has 0 aromatic heterocycles. The van der Waals surface area contributed by atoms with Crippen LogP contribution in [0.15, 0.2) is 42.5 Å². The zero-order valence-electron chi connectivity index (χ0n) is 16.4. The molecule has 0 spiro atoms. The van der Waals surface area contributed by atoms with Gasteiger partial charge in [0.2, 0.25) is 0 Å². The van der Waals surface area contributed by atoms with Crippen LogP contribution in [-0.4, -0.2) is 61.2 Å². The Morgan fingerprint density at radius 2 is 1.50 bits per heavy atom. The molecule has 0 aliphatic carbocycles. The molecule has 3 N–H and O–H groups in total. The second-order valence-corrected chi connectivity index (χ2v) is 6.77. The van der Waals surface area contributed by atoms with Crippen molar-refractivity contribution in [2.75, 3.05) is 39.4 Å². The van der Waals surface area contributed by atoms with Crippen molar-refractivity contribution >= 4 is 11.8 Å². The third-order valence-corrected chi connectivity index (χ3v) is 4.50. The van der Waals surface area contributed by atoms with Crippen LogP contribution in [0.3, 0.4) is 0 Å². The van der Waals surface area contributed by atoms with Crippen molar-refractivity contribution in [1.82, 2.24) is 15.5 Å². The lowest BCUT2D eigenvalue weighted by Gasteiger charge is -2.23. The molecule has 9 heteroatoms. The van der Waals surface area contributed by atoms with E-state index >= 15 is 0 Å². The highest BCUT2D eigenvalue weighted by atomic mass is 19.1. The first-order valence-corrected chi connectivity index (χ1v) is 9.59. The van der Waals surface area contributed by atoms with Crippen LogP contribution in [0, 0.1) is 5.82 Å². The van der Waals surface area contributed by atoms with Gasteiger partial charge in [0.15, 0.2) is 24.7 Å². The number of fused-ring (bicyclic) bond motifs is 1. The lowest BCUT2D eigenvalue weighted by molar-refractivity contribution is -0.124. The lowest BCUT2D eigenvalue weighted by Crippen LogP contribution is -2.40. The van der Waals surface area contributed by atoms with Gasteiger partial charge in [-0.3, -0.25) is 14.5 Å². The minimum atomic E-state index is -0.448. The molecule has 3 rings (SSSR count). The number of phenolic OH excluding ortho intramolecular Hbond substituents is 1. The summed E-state index contributed by atoms with van der Waals surface area (Å²) in [4.78, 5) is 26.1. The van der Waals surface area contributed by atoms with Crippen molar-refractivity contribution < 1.29 is 28.6 Å². The molecule has 0 unspecified atom stereocenters. The van der Waals surface area contributed by atoms with Crippen LogP contribution >= 0.6 is 0 Å². The number of ether oxygens (including phenoxy) is 2. The number of carbonyl (C=O) groups excluding carboxylic acids is 2. The van der Waals surface area contributed by atoms with E-state index in [1.165, 1.54) is 18.2 Å². The van der Waals surface area contributed by atoms with Crippen molar-refractivity contribution in [2.24, 2.45) is 0 Å². The first kappa shape index (κ1) is 21.4. The Bertz CT molecular complexity index is 848. The molecule has 0 bridgehead atoms. The fraction of sp³-hybridized carbons (Fsp3) is 0.333. The number of amides is 2. The molecule has 1 aliphatic rings. The Hall–Kier alpha value is -3.33. The van der Waals surface area contributed by atoms with Crippen LogP contribution in [0.2, 0.25) is 0 Å². The van der Waals surface area contributed by atoms with Crippen molar-refractivity contribution in [3.63, 3.8) is 0 Å². The average Bonchev–Trinajstić information content (AvgIpc) is 2.73. The monoisotopic (exact) mass is 417 g/mol. The van der Waals surface area contributed by atoms with Gasteiger partial charge in [-0.25, -0.2) is 4.39 Å². The van der Waals surface area contributed by atoms with Crippen molar-refractivity contribution in [1.29, 1.82) is 0 Å². The van der Waals surface area contributed by atoms with E-state index in [4.69, 9.17) is 9.47 Å². The molecule has 0 fully saturated rings. The SMILES string of the molecule is O=C1COc2ccccc2OCC(=O)NCCN(Cc2cc(F)ccc2O)CCN1. The maximum atomic E-state index is 13.5. The van der Waals surface area contributed by atoms with Gasteiger partial charge in [-0.1, -0.05) is 12.1 Å². The predicted octanol–water partition coefficient (Wildman–Crippen LogP) is 1.04. The average molecular weight is 417 g/mol. The molecule has 0 atom stereocenters. The fourth-order valence-corrected chi connectivity index (χ4v) is 2.98. The zero-order chi connectivity index (χ0) is 21.3. The van der Waals surface area contributed by atoms with Crippen LogP contribution in [-0.2, 0) is 16.1 Å². The van der Waals surface area contributed by atoms with E-state index in [9.17, 15) is 19.1 Å². The summed E-state index contributed by atoms with van der Waals surface area (Å²) < 4.78 is 24.5. The van der Waals surface area contributed by atoms with E-state index in [-0.39, 0.29) is 37.3 Å². The first-order chi connectivity index (χ1) is 14.5. The highest BCUT2D eigenvalue weighted by molar-refractivity contribution is 5.78. The Kier molecular flexibility index (Phi) is 7.45. The largest absolute Gasteiger partial charge is 0.508 e. The van der Waals surface area contributed by atoms with Crippen LogP contribution < -0.4 is 20.1 Å². The quantitative estimate of drug-likeness (QED) is 0.675. The number of benzene rings is 2. The summed E-state index contributed by atoms with van der Waals surface area (Å²) in [5.41, 5.74) is 0.424. The number of hydrogen-bond acceptors (Lipinski definition) is 6. The predicted molar refractivity (Wildman–Crippen MR) is 107 cm³/mol. The number of nitrogens with zero attached hydrogens (tertiary/aromatic N) is 1. The topological polar surface area (TPSA) is 100 Å². The van der Waals surface area contributed by atoms with E-state index in [0.29, 0.717) is 43.2 Å². The molecule has 1 heterocycles. The van der Waals surface area contributed by atoms with Gasteiger partial charge < -0.3 is 25.2 Å². The number of aromatic hydroxyl groups is 1. The number of phenols is 1. The molecule has 0 saturated carbocycles. The highest BCUT2D eigenvalue weighted by Crippen LogP contribution is 2.26. The van der Waals surface area contributed by atoms with Gasteiger partial charge in [-0.15, -0.1) is 0 Å². The Labute approximate surface area is 173 Å². The van der Waals surface area contributed by atoms with E-state index in [2.05, 4.69) is 10.6 Å². The molecule has 2 aromatic carbocycles. The number of hydrogen-bond donors (Lipinski definition) is 3. The van der Waals surface area contributed by atoms with E-state index in [1.807, 2.05) is 4.90 Å². The van der Waals surface area contributed by atoms with Crippen molar-refractivity contribution in [2.45, 2.75) is 6.54 Å². The zero-order valence-corrected chi connectivity index (χ0v) is 16.4. The molecule has 2 aromatic rings. The molecular formula is C21H24FN3O5. The first-order valence-electron chi connectivity index (χ1n) is 9.59. The number of nitrogens with one attached hydrogen (secondary N) is 2. The minimum absolute atomic E-state index is 0.0140. The lowest BCUT2D eigenvalue weighted by atomic mass is 10.2. The molecule has 2 amide bonds. The molecule has 0 saturated heterocycles. The van der Waals surface area contributed by atoms with Crippen LogP contribution in [0.5, 0.6) is 17.2 Å². The second kappa shape index (κ2) is 10.4. The van der Waals surface area contributed by atoms with Crippen LogP contribution in [0.25, 0.3) is 0 Å². The number of halogens is 1. The number of para-hydroxylation sites is 2. The highest BCUT2D eigenvalue weighted by Gasteiger charge is 2.14. The van der Waals surface area contributed by atoms with Gasteiger partial charge in [0, 0.05) is 38.3 Å².